The maximum Gasteiger partial charge on any atom is 0.266 e. The third kappa shape index (κ3) is 5.63. The maximum atomic E-state index is 13.3. The molecule has 2 saturated carbocycles. The van der Waals surface area contributed by atoms with Crippen LogP contribution in [0.15, 0.2) is 49.2 Å². The van der Waals surface area contributed by atoms with Crippen molar-refractivity contribution in [2.24, 2.45) is 7.05 Å². The summed E-state index contributed by atoms with van der Waals surface area (Å²) in [6.07, 6.45) is 7.11. The molecule has 2 aliphatic carbocycles. The molecule has 4 aromatic rings. The quantitative estimate of drug-likeness (QED) is 0.266. The molecule has 12 nitrogen and oxygen atoms in total. The van der Waals surface area contributed by atoms with Crippen LogP contribution in [0.25, 0.3) is 22.6 Å². The van der Waals surface area contributed by atoms with Gasteiger partial charge in [0.05, 0.1) is 28.9 Å². The van der Waals surface area contributed by atoms with Crippen LogP contribution in [0.2, 0.25) is 0 Å². The van der Waals surface area contributed by atoms with E-state index in [9.17, 15) is 22.3 Å². The molecular formula is C26H29F2N9O3S. The van der Waals surface area contributed by atoms with Crippen LogP contribution in [0.5, 0.6) is 0 Å². The maximum absolute atomic E-state index is 13.3. The van der Waals surface area contributed by atoms with Gasteiger partial charge in [-0.25, -0.2) is 32.2 Å². The monoisotopic (exact) mass is 585 g/mol. The molecule has 0 aliphatic heterocycles. The molecule has 0 bridgehead atoms. The van der Waals surface area contributed by atoms with E-state index in [0.717, 1.165) is 9.65 Å². The highest BCUT2D eigenvalue weighted by Crippen LogP contribution is 2.37. The Morgan fingerprint density at radius 3 is 2.56 bits per heavy atom. The zero-order chi connectivity index (χ0) is 28.8. The van der Waals surface area contributed by atoms with Crippen LogP contribution >= 0.6 is 0 Å². The minimum absolute atomic E-state index is 0.000301. The van der Waals surface area contributed by atoms with E-state index in [1.165, 1.54) is 12.4 Å². The molecule has 4 aromatic heterocycles. The number of pyridine rings is 1. The Balaban J connectivity index is 1.24. The van der Waals surface area contributed by atoms with Gasteiger partial charge in [-0.2, -0.15) is 14.3 Å². The van der Waals surface area contributed by atoms with Crippen molar-refractivity contribution in [3.05, 3.63) is 49.2 Å². The summed E-state index contributed by atoms with van der Waals surface area (Å²) < 4.78 is 54.2. The molecule has 0 saturated heterocycles. The molecule has 15 heteroatoms. The topological polar surface area (TPSA) is 153 Å². The molecule has 0 amide bonds. The van der Waals surface area contributed by atoms with Crippen molar-refractivity contribution in [2.75, 3.05) is 10.6 Å². The van der Waals surface area contributed by atoms with Gasteiger partial charge in [-0.1, -0.05) is 0 Å². The molecule has 0 unspecified atom stereocenters. The van der Waals surface area contributed by atoms with Gasteiger partial charge in [-0.05, 0) is 50.7 Å². The van der Waals surface area contributed by atoms with Crippen molar-refractivity contribution in [3.8, 4) is 22.6 Å². The minimum atomic E-state index is -3.51. The number of aromatic nitrogens is 7. The van der Waals surface area contributed by atoms with Crippen molar-refractivity contribution in [3.63, 3.8) is 0 Å². The molecule has 2 aliphatic rings. The highest BCUT2D eigenvalue weighted by Gasteiger charge is 2.41. The van der Waals surface area contributed by atoms with Gasteiger partial charge in [0.1, 0.15) is 17.2 Å². The second-order valence-corrected chi connectivity index (χ2v) is 12.6. The van der Waals surface area contributed by atoms with Gasteiger partial charge in [0.15, 0.2) is 5.82 Å². The van der Waals surface area contributed by atoms with Crippen molar-refractivity contribution in [1.29, 1.82) is 0 Å². The Labute approximate surface area is 234 Å². The van der Waals surface area contributed by atoms with E-state index in [1.807, 2.05) is 19.3 Å². The van der Waals surface area contributed by atoms with Gasteiger partial charge in [-0.15, -0.1) is 0 Å². The molecule has 3 N–H and O–H groups in total. The highest BCUT2D eigenvalue weighted by atomic mass is 32.2. The van der Waals surface area contributed by atoms with Crippen LogP contribution in [0.4, 0.5) is 26.1 Å². The average molecular weight is 586 g/mol. The second-order valence-electron chi connectivity index (χ2n) is 10.5. The number of alkyl halides is 2. The summed E-state index contributed by atoms with van der Waals surface area (Å²) in [6, 6.07) is 5.18. The van der Waals surface area contributed by atoms with E-state index in [1.54, 1.807) is 29.2 Å². The van der Waals surface area contributed by atoms with Crippen molar-refractivity contribution >= 4 is 27.3 Å². The largest absolute Gasteiger partial charge is 0.384 e. The molecular weight excluding hydrogens is 556 g/mol. The first-order chi connectivity index (χ1) is 19.6. The molecule has 2 fully saturated rings. The SMILES string of the molecule is Cn1ccc(-c2cnc(Nc3ccnc(-c4cnn(S(=O)(=O)C5CC5)c4)n3)cc2NC2CCC(O)(C(F)F)CC2)n1. The fraction of sp³-hybridized carbons (Fsp3) is 0.423. The van der Waals surface area contributed by atoms with E-state index < -0.39 is 27.3 Å². The molecule has 4 heterocycles. The second kappa shape index (κ2) is 10.4. The molecule has 41 heavy (non-hydrogen) atoms. The summed E-state index contributed by atoms with van der Waals surface area (Å²) in [5.74, 6) is 1.18. The van der Waals surface area contributed by atoms with Gasteiger partial charge in [-0.3, -0.25) is 4.68 Å². The van der Waals surface area contributed by atoms with Crippen molar-refractivity contribution in [1.82, 2.24) is 33.9 Å². The number of rotatable bonds is 9. The number of nitrogens with zero attached hydrogens (tertiary/aromatic N) is 7. The molecule has 216 valence electrons. The Morgan fingerprint density at radius 1 is 1.10 bits per heavy atom. The molecule has 0 aromatic carbocycles. The fourth-order valence-corrected chi connectivity index (χ4v) is 6.36. The Morgan fingerprint density at radius 2 is 1.88 bits per heavy atom. The Hall–Kier alpha value is -3.98. The number of nitrogens with one attached hydrogen (secondary N) is 2. The Bertz CT molecular complexity index is 1660. The first-order valence-corrected chi connectivity index (χ1v) is 14.8. The average Bonchev–Trinajstić information content (AvgIpc) is 3.54. The summed E-state index contributed by atoms with van der Waals surface area (Å²) in [7, 11) is -1.70. The first kappa shape index (κ1) is 27.2. The van der Waals surface area contributed by atoms with Crippen LogP contribution in [0, 0.1) is 0 Å². The summed E-state index contributed by atoms with van der Waals surface area (Å²) >= 11 is 0. The normalized spacial score (nSPS) is 21.2. The zero-order valence-electron chi connectivity index (χ0n) is 22.2. The zero-order valence-corrected chi connectivity index (χ0v) is 23.0. The van der Waals surface area contributed by atoms with Crippen molar-refractivity contribution in [2.45, 2.75) is 61.8 Å². The predicted octanol–water partition coefficient (Wildman–Crippen LogP) is 3.57. The van der Waals surface area contributed by atoms with Gasteiger partial charge in [0.2, 0.25) is 0 Å². The lowest BCUT2D eigenvalue weighted by Gasteiger charge is -2.36. The lowest BCUT2D eigenvalue weighted by Crippen LogP contribution is -2.43. The van der Waals surface area contributed by atoms with Crippen LogP contribution in [-0.4, -0.2) is 70.8 Å². The number of halogens is 2. The molecule has 0 spiro atoms. The van der Waals surface area contributed by atoms with E-state index >= 15 is 0 Å². The number of aliphatic hydroxyl groups is 1. The lowest BCUT2D eigenvalue weighted by molar-refractivity contribution is -0.117. The first-order valence-electron chi connectivity index (χ1n) is 13.3. The van der Waals surface area contributed by atoms with E-state index in [2.05, 4.69) is 35.8 Å². The Kier molecular flexibility index (Phi) is 6.93. The third-order valence-corrected chi connectivity index (χ3v) is 9.48. The van der Waals surface area contributed by atoms with Crippen LogP contribution < -0.4 is 10.6 Å². The summed E-state index contributed by atoms with van der Waals surface area (Å²) in [5.41, 5.74) is 0.639. The summed E-state index contributed by atoms with van der Waals surface area (Å²) in [5, 5.41) is 24.9. The number of hydrogen-bond acceptors (Lipinski definition) is 10. The van der Waals surface area contributed by atoms with Crippen LogP contribution in [0.1, 0.15) is 38.5 Å². The van der Waals surface area contributed by atoms with Crippen LogP contribution in [-0.2, 0) is 17.1 Å². The van der Waals surface area contributed by atoms with E-state index in [0.29, 0.717) is 60.1 Å². The lowest BCUT2D eigenvalue weighted by atomic mass is 9.82. The molecule has 6 rings (SSSR count). The minimum Gasteiger partial charge on any atom is -0.384 e. The molecule has 0 atom stereocenters. The van der Waals surface area contributed by atoms with Gasteiger partial charge < -0.3 is 15.7 Å². The van der Waals surface area contributed by atoms with Crippen molar-refractivity contribution < 1.29 is 22.3 Å². The fourth-order valence-electron chi connectivity index (χ4n) is 4.88. The molecule has 0 radical (unpaired) electrons. The standard InChI is InChI=1S/C26H29F2N9O3S/c1-36-11-7-20(35-36)19-14-30-23(12-21(19)32-17-4-8-26(38,9-5-17)25(27)28)33-22-6-10-29-24(34-22)16-13-31-37(15-16)41(39,40)18-2-3-18/h6-7,10-15,17-18,25,38H,2-5,8-9H2,1H3,(H2,29,30,32,33,34). The van der Waals surface area contributed by atoms with Gasteiger partial charge in [0, 0.05) is 49.0 Å². The number of hydrogen-bond donors (Lipinski definition) is 3. The smallest absolute Gasteiger partial charge is 0.266 e. The number of anilines is 3. The number of aryl methyl sites for hydroxylation is 1. The van der Waals surface area contributed by atoms with E-state index in [-0.39, 0.29) is 18.9 Å². The highest BCUT2D eigenvalue weighted by molar-refractivity contribution is 7.90. The van der Waals surface area contributed by atoms with Crippen LogP contribution in [0.3, 0.4) is 0 Å². The third-order valence-electron chi connectivity index (χ3n) is 7.45. The van der Waals surface area contributed by atoms with Gasteiger partial charge >= 0.3 is 0 Å². The van der Waals surface area contributed by atoms with Gasteiger partial charge in [0.25, 0.3) is 16.4 Å². The predicted molar refractivity (Wildman–Crippen MR) is 147 cm³/mol. The summed E-state index contributed by atoms with van der Waals surface area (Å²) in [4.78, 5) is 13.3. The van der Waals surface area contributed by atoms with E-state index in [4.69, 9.17) is 0 Å². The summed E-state index contributed by atoms with van der Waals surface area (Å²) in [6.45, 7) is 0.